The lowest BCUT2D eigenvalue weighted by Crippen LogP contribution is -2.36. The molecular weight excluding hydrogens is 338 g/mol. The fourth-order valence-corrected chi connectivity index (χ4v) is 3.22. The Hall–Kier alpha value is -2.40. The lowest BCUT2D eigenvalue weighted by atomic mass is 10.1. The maximum absolute atomic E-state index is 12.7. The normalized spacial score (nSPS) is 17.0. The molecular formula is C19H20ClN3O2. The van der Waals surface area contributed by atoms with Gasteiger partial charge in [0.05, 0.1) is 5.92 Å². The lowest BCUT2D eigenvalue weighted by molar-refractivity contribution is -0.134. The minimum atomic E-state index is -0.311. The number of pyridine rings is 1. The summed E-state index contributed by atoms with van der Waals surface area (Å²) in [5, 5.41) is 0.578. The highest BCUT2D eigenvalue weighted by atomic mass is 35.5. The maximum Gasteiger partial charge on any atom is 0.227 e. The molecule has 5 nitrogen and oxygen atoms in total. The molecule has 1 atom stereocenters. The first-order valence-electron chi connectivity index (χ1n) is 8.24. The highest BCUT2D eigenvalue weighted by molar-refractivity contribution is 6.30. The van der Waals surface area contributed by atoms with E-state index in [-0.39, 0.29) is 24.2 Å². The van der Waals surface area contributed by atoms with Crippen LogP contribution in [0.4, 0.5) is 5.69 Å². The van der Waals surface area contributed by atoms with Crippen LogP contribution in [0.1, 0.15) is 12.0 Å². The van der Waals surface area contributed by atoms with Crippen LogP contribution < -0.4 is 4.90 Å². The molecule has 25 heavy (non-hydrogen) atoms. The van der Waals surface area contributed by atoms with E-state index < -0.39 is 0 Å². The summed E-state index contributed by atoms with van der Waals surface area (Å²) in [4.78, 5) is 32.3. The number of anilines is 1. The Morgan fingerprint density at radius 3 is 2.80 bits per heavy atom. The predicted octanol–water partition coefficient (Wildman–Crippen LogP) is 2.79. The zero-order valence-corrected chi connectivity index (χ0v) is 14.8. The number of carbonyl (C=O) groups is 2. The van der Waals surface area contributed by atoms with Gasteiger partial charge in [-0.2, -0.15) is 0 Å². The summed E-state index contributed by atoms with van der Waals surface area (Å²) in [5.74, 6) is -0.344. The summed E-state index contributed by atoms with van der Waals surface area (Å²) < 4.78 is 0. The van der Waals surface area contributed by atoms with Gasteiger partial charge in [-0.25, -0.2) is 0 Å². The third kappa shape index (κ3) is 4.17. The van der Waals surface area contributed by atoms with Crippen molar-refractivity contribution in [3.05, 3.63) is 59.4 Å². The molecule has 1 aliphatic heterocycles. The van der Waals surface area contributed by atoms with Crippen LogP contribution in [-0.2, 0) is 16.0 Å². The minimum absolute atomic E-state index is 0.00642. The molecule has 1 unspecified atom stereocenters. The van der Waals surface area contributed by atoms with E-state index in [1.165, 1.54) is 0 Å². The van der Waals surface area contributed by atoms with Crippen molar-refractivity contribution in [2.45, 2.75) is 12.8 Å². The molecule has 1 fully saturated rings. The van der Waals surface area contributed by atoms with E-state index in [4.69, 9.17) is 11.6 Å². The standard InChI is InChI=1S/C19H20ClN3O2/c1-22(10-7-14-5-8-21-9-6-14)19(25)15-11-18(24)23(13-15)17-4-2-3-16(20)12-17/h2-6,8-9,12,15H,7,10-11,13H2,1H3. The maximum atomic E-state index is 12.7. The molecule has 0 saturated carbocycles. The summed E-state index contributed by atoms with van der Waals surface area (Å²) >= 11 is 6.00. The van der Waals surface area contributed by atoms with E-state index in [1.54, 1.807) is 47.4 Å². The van der Waals surface area contributed by atoms with Gasteiger partial charge >= 0.3 is 0 Å². The third-order valence-electron chi connectivity index (χ3n) is 4.46. The Morgan fingerprint density at radius 2 is 2.08 bits per heavy atom. The quantitative estimate of drug-likeness (QED) is 0.826. The first-order chi connectivity index (χ1) is 12.0. The Morgan fingerprint density at radius 1 is 1.32 bits per heavy atom. The second-order valence-corrected chi connectivity index (χ2v) is 6.69. The average Bonchev–Trinajstić information content (AvgIpc) is 3.01. The molecule has 0 radical (unpaired) electrons. The van der Waals surface area contributed by atoms with Gasteiger partial charge in [-0.05, 0) is 42.3 Å². The number of hydrogen-bond acceptors (Lipinski definition) is 3. The predicted molar refractivity (Wildman–Crippen MR) is 97.5 cm³/mol. The van der Waals surface area contributed by atoms with Crippen molar-refractivity contribution in [1.82, 2.24) is 9.88 Å². The number of aromatic nitrogens is 1. The van der Waals surface area contributed by atoms with Crippen molar-refractivity contribution >= 4 is 29.1 Å². The van der Waals surface area contributed by atoms with Crippen molar-refractivity contribution in [3.63, 3.8) is 0 Å². The number of halogens is 1. The smallest absolute Gasteiger partial charge is 0.227 e. The van der Waals surface area contributed by atoms with E-state index >= 15 is 0 Å². The molecule has 1 aromatic carbocycles. The van der Waals surface area contributed by atoms with E-state index in [0.717, 1.165) is 17.7 Å². The topological polar surface area (TPSA) is 53.5 Å². The van der Waals surface area contributed by atoms with Gasteiger partial charge in [-0.15, -0.1) is 0 Å². The van der Waals surface area contributed by atoms with Crippen LogP contribution in [0.3, 0.4) is 0 Å². The molecule has 1 aromatic heterocycles. The lowest BCUT2D eigenvalue weighted by Gasteiger charge is -2.21. The highest BCUT2D eigenvalue weighted by Gasteiger charge is 2.36. The number of rotatable bonds is 5. The third-order valence-corrected chi connectivity index (χ3v) is 4.69. The van der Waals surface area contributed by atoms with Gasteiger partial charge in [-0.3, -0.25) is 14.6 Å². The Kier molecular flexibility index (Phi) is 5.34. The molecule has 2 aromatic rings. The van der Waals surface area contributed by atoms with E-state index in [9.17, 15) is 9.59 Å². The van der Waals surface area contributed by atoms with Gasteiger partial charge < -0.3 is 9.80 Å². The van der Waals surface area contributed by atoms with Gasteiger partial charge in [-0.1, -0.05) is 17.7 Å². The molecule has 0 spiro atoms. The molecule has 2 heterocycles. The van der Waals surface area contributed by atoms with Gasteiger partial charge in [0.25, 0.3) is 0 Å². The largest absolute Gasteiger partial charge is 0.345 e. The van der Waals surface area contributed by atoms with Crippen LogP contribution in [0.15, 0.2) is 48.8 Å². The molecule has 130 valence electrons. The van der Waals surface area contributed by atoms with Crippen LogP contribution >= 0.6 is 11.6 Å². The summed E-state index contributed by atoms with van der Waals surface area (Å²) in [6.07, 6.45) is 4.50. The molecule has 0 aliphatic carbocycles. The minimum Gasteiger partial charge on any atom is -0.345 e. The zero-order chi connectivity index (χ0) is 17.8. The van der Waals surface area contributed by atoms with Gasteiger partial charge in [0.15, 0.2) is 0 Å². The number of nitrogens with zero attached hydrogens (tertiary/aromatic N) is 3. The van der Waals surface area contributed by atoms with E-state index in [1.807, 2.05) is 18.2 Å². The molecule has 1 saturated heterocycles. The van der Waals surface area contributed by atoms with Crippen LogP contribution in [0.25, 0.3) is 0 Å². The average molecular weight is 358 g/mol. The number of hydrogen-bond donors (Lipinski definition) is 0. The molecule has 6 heteroatoms. The van der Waals surface area contributed by atoms with Crippen molar-refractivity contribution in [1.29, 1.82) is 0 Å². The fourth-order valence-electron chi connectivity index (χ4n) is 3.03. The zero-order valence-electron chi connectivity index (χ0n) is 14.1. The number of benzene rings is 1. The van der Waals surface area contributed by atoms with Gasteiger partial charge in [0.1, 0.15) is 0 Å². The summed E-state index contributed by atoms with van der Waals surface area (Å²) in [5.41, 5.74) is 1.88. The van der Waals surface area contributed by atoms with Crippen LogP contribution in [0, 0.1) is 5.92 Å². The number of carbonyl (C=O) groups excluding carboxylic acids is 2. The van der Waals surface area contributed by atoms with E-state index in [2.05, 4.69) is 4.98 Å². The number of likely N-dealkylation sites (N-methyl/N-ethyl adjacent to an activating group) is 1. The highest BCUT2D eigenvalue weighted by Crippen LogP contribution is 2.28. The van der Waals surface area contributed by atoms with Crippen molar-refractivity contribution < 1.29 is 9.59 Å². The number of amides is 2. The molecule has 1 aliphatic rings. The fraction of sp³-hybridized carbons (Fsp3) is 0.316. The van der Waals surface area contributed by atoms with Crippen molar-refractivity contribution in [2.75, 3.05) is 25.0 Å². The van der Waals surface area contributed by atoms with Crippen molar-refractivity contribution in [3.8, 4) is 0 Å². The van der Waals surface area contributed by atoms with Crippen LogP contribution in [0.5, 0.6) is 0 Å². The van der Waals surface area contributed by atoms with Gasteiger partial charge in [0, 0.05) is 49.7 Å². The molecule has 2 amide bonds. The second-order valence-electron chi connectivity index (χ2n) is 6.25. The first kappa shape index (κ1) is 17.4. The Labute approximate surface area is 152 Å². The molecule has 0 N–H and O–H groups in total. The van der Waals surface area contributed by atoms with E-state index in [0.29, 0.717) is 18.1 Å². The van der Waals surface area contributed by atoms with Crippen LogP contribution in [0.2, 0.25) is 5.02 Å². The first-order valence-corrected chi connectivity index (χ1v) is 8.62. The molecule has 3 rings (SSSR count). The molecule has 0 bridgehead atoms. The monoisotopic (exact) mass is 357 g/mol. The van der Waals surface area contributed by atoms with Crippen LogP contribution in [-0.4, -0.2) is 41.8 Å². The summed E-state index contributed by atoms with van der Waals surface area (Å²) in [6.45, 7) is 1.02. The summed E-state index contributed by atoms with van der Waals surface area (Å²) in [7, 11) is 1.79. The Balaban J connectivity index is 1.60. The SMILES string of the molecule is CN(CCc1ccncc1)C(=O)C1CC(=O)N(c2cccc(Cl)c2)C1. The second kappa shape index (κ2) is 7.66. The Bertz CT molecular complexity index is 766. The van der Waals surface area contributed by atoms with Gasteiger partial charge in [0.2, 0.25) is 11.8 Å². The van der Waals surface area contributed by atoms with Crippen molar-refractivity contribution in [2.24, 2.45) is 5.92 Å². The summed E-state index contributed by atoms with van der Waals surface area (Å²) in [6, 6.07) is 11.0.